The van der Waals surface area contributed by atoms with Crippen molar-refractivity contribution in [2.24, 2.45) is 0 Å². The average molecular weight is 296 g/mol. The highest BCUT2D eigenvalue weighted by atomic mass is 35.5. The van der Waals surface area contributed by atoms with E-state index in [0.29, 0.717) is 6.04 Å². The molecule has 1 unspecified atom stereocenters. The fourth-order valence-electron chi connectivity index (χ4n) is 1.78. The zero-order valence-electron chi connectivity index (χ0n) is 10.9. The van der Waals surface area contributed by atoms with Crippen molar-refractivity contribution >= 4 is 23.4 Å². The van der Waals surface area contributed by atoms with Crippen LogP contribution in [0.1, 0.15) is 24.9 Å². The van der Waals surface area contributed by atoms with E-state index in [1.54, 1.807) is 6.26 Å². The molecule has 0 aliphatic rings. The molecule has 1 atom stereocenters. The minimum atomic E-state index is 0.319. The van der Waals surface area contributed by atoms with E-state index in [9.17, 15) is 0 Å². The molecule has 1 aromatic heterocycles. The Balaban J connectivity index is 1.94. The number of hydrogen-bond acceptors (Lipinski definition) is 3. The fraction of sp³-hybridized carbons (Fsp3) is 0.333. The van der Waals surface area contributed by atoms with Gasteiger partial charge in [-0.1, -0.05) is 18.5 Å². The minimum Gasteiger partial charge on any atom is -0.472 e. The number of halogens is 1. The number of furan rings is 1. The molecule has 0 saturated heterocycles. The molecule has 0 aliphatic carbocycles. The van der Waals surface area contributed by atoms with Crippen LogP contribution in [0.25, 0.3) is 0 Å². The monoisotopic (exact) mass is 295 g/mol. The van der Waals surface area contributed by atoms with Crippen LogP contribution < -0.4 is 5.32 Å². The zero-order chi connectivity index (χ0) is 13.5. The third-order valence-electron chi connectivity index (χ3n) is 2.82. The lowest BCUT2D eigenvalue weighted by Gasteiger charge is -2.16. The Hall–Kier alpha value is -0.900. The van der Waals surface area contributed by atoms with Crippen molar-refractivity contribution in [1.29, 1.82) is 0 Å². The quantitative estimate of drug-likeness (QED) is 0.745. The van der Waals surface area contributed by atoms with Gasteiger partial charge in [-0.05, 0) is 43.3 Å². The molecule has 0 bridgehead atoms. The van der Waals surface area contributed by atoms with Gasteiger partial charge < -0.3 is 9.73 Å². The molecule has 0 fully saturated rings. The molecule has 102 valence electrons. The van der Waals surface area contributed by atoms with Crippen LogP contribution in [0.2, 0.25) is 5.02 Å². The third-order valence-corrected chi connectivity index (χ3v) is 4.17. The van der Waals surface area contributed by atoms with E-state index in [-0.39, 0.29) is 0 Å². The van der Waals surface area contributed by atoms with E-state index in [1.807, 2.05) is 36.2 Å². The second kappa shape index (κ2) is 7.63. The fourth-order valence-corrected chi connectivity index (χ4v) is 2.90. The van der Waals surface area contributed by atoms with Gasteiger partial charge in [-0.25, -0.2) is 0 Å². The maximum absolute atomic E-state index is 5.89. The third kappa shape index (κ3) is 4.60. The van der Waals surface area contributed by atoms with Gasteiger partial charge in [0.05, 0.1) is 12.5 Å². The highest BCUT2D eigenvalue weighted by Crippen LogP contribution is 2.26. The van der Waals surface area contributed by atoms with Gasteiger partial charge >= 0.3 is 0 Å². The Morgan fingerprint density at radius 2 is 2.05 bits per heavy atom. The van der Waals surface area contributed by atoms with Crippen LogP contribution >= 0.6 is 23.4 Å². The predicted molar refractivity (Wildman–Crippen MR) is 81.9 cm³/mol. The molecule has 19 heavy (non-hydrogen) atoms. The number of hydrogen-bond donors (Lipinski definition) is 1. The number of rotatable bonds is 7. The van der Waals surface area contributed by atoms with Gasteiger partial charge in [0.25, 0.3) is 0 Å². The van der Waals surface area contributed by atoms with Gasteiger partial charge in [0.15, 0.2) is 0 Å². The molecule has 0 aliphatic heterocycles. The summed E-state index contributed by atoms with van der Waals surface area (Å²) >= 11 is 7.71. The molecular formula is C15H18ClNOS. The van der Waals surface area contributed by atoms with E-state index in [0.717, 1.165) is 23.7 Å². The molecular weight excluding hydrogens is 278 g/mol. The van der Waals surface area contributed by atoms with E-state index in [2.05, 4.69) is 24.4 Å². The summed E-state index contributed by atoms with van der Waals surface area (Å²) in [4.78, 5) is 1.23. The Labute approximate surface area is 123 Å². The number of benzene rings is 1. The van der Waals surface area contributed by atoms with Crippen LogP contribution in [-0.2, 0) is 0 Å². The van der Waals surface area contributed by atoms with E-state index < -0.39 is 0 Å². The lowest BCUT2D eigenvalue weighted by atomic mass is 10.2. The van der Waals surface area contributed by atoms with Crippen molar-refractivity contribution < 1.29 is 4.42 Å². The Morgan fingerprint density at radius 3 is 2.68 bits per heavy atom. The van der Waals surface area contributed by atoms with E-state index in [1.165, 1.54) is 10.5 Å². The van der Waals surface area contributed by atoms with Gasteiger partial charge in [0.1, 0.15) is 0 Å². The molecule has 1 N–H and O–H groups in total. The van der Waals surface area contributed by atoms with Crippen molar-refractivity contribution in [2.45, 2.75) is 24.3 Å². The second-order valence-electron chi connectivity index (χ2n) is 4.33. The molecule has 1 heterocycles. The molecule has 2 nitrogen and oxygen atoms in total. The lowest BCUT2D eigenvalue weighted by Crippen LogP contribution is -2.23. The topological polar surface area (TPSA) is 25.2 Å². The summed E-state index contributed by atoms with van der Waals surface area (Å²) < 4.78 is 5.18. The summed E-state index contributed by atoms with van der Waals surface area (Å²) in [6, 6.07) is 10.3. The standard InChI is InChI=1S/C15H18ClNOS/c1-2-8-17-15(12-7-9-18-10-12)11-19-14-5-3-13(16)4-6-14/h3-7,9-10,15,17H,2,8,11H2,1H3. The molecule has 1 aromatic carbocycles. The highest BCUT2D eigenvalue weighted by Gasteiger charge is 2.12. The van der Waals surface area contributed by atoms with E-state index >= 15 is 0 Å². The maximum atomic E-state index is 5.89. The molecule has 2 rings (SSSR count). The summed E-state index contributed by atoms with van der Waals surface area (Å²) in [6.45, 7) is 3.18. The van der Waals surface area contributed by atoms with Crippen molar-refractivity contribution in [3.8, 4) is 0 Å². The SMILES string of the molecule is CCCNC(CSc1ccc(Cl)cc1)c1ccoc1. The zero-order valence-corrected chi connectivity index (χ0v) is 12.5. The lowest BCUT2D eigenvalue weighted by molar-refractivity contribution is 0.541. The van der Waals surface area contributed by atoms with Crippen LogP contribution in [0.3, 0.4) is 0 Å². The molecule has 4 heteroatoms. The average Bonchev–Trinajstić information content (AvgIpc) is 2.95. The summed E-state index contributed by atoms with van der Waals surface area (Å²) in [6.07, 6.45) is 4.67. The second-order valence-corrected chi connectivity index (χ2v) is 5.86. The van der Waals surface area contributed by atoms with Crippen LogP contribution in [0, 0.1) is 0 Å². The smallest absolute Gasteiger partial charge is 0.0950 e. The summed E-state index contributed by atoms with van der Waals surface area (Å²) in [5, 5.41) is 4.32. The molecule has 0 saturated carbocycles. The Morgan fingerprint density at radius 1 is 1.26 bits per heavy atom. The largest absolute Gasteiger partial charge is 0.472 e. The van der Waals surface area contributed by atoms with Gasteiger partial charge in [-0.2, -0.15) is 0 Å². The Kier molecular flexibility index (Phi) is 5.83. The molecule has 0 spiro atoms. The van der Waals surface area contributed by atoms with Crippen LogP contribution in [0.5, 0.6) is 0 Å². The first kappa shape index (κ1) is 14.5. The summed E-state index contributed by atoms with van der Waals surface area (Å²) in [7, 11) is 0. The summed E-state index contributed by atoms with van der Waals surface area (Å²) in [5.41, 5.74) is 1.20. The van der Waals surface area contributed by atoms with Crippen molar-refractivity contribution in [1.82, 2.24) is 5.32 Å². The maximum Gasteiger partial charge on any atom is 0.0950 e. The first-order valence-corrected chi connectivity index (χ1v) is 7.80. The summed E-state index contributed by atoms with van der Waals surface area (Å²) in [5.74, 6) is 0.973. The van der Waals surface area contributed by atoms with Crippen molar-refractivity contribution in [2.75, 3.05) is 12.3 Å². The van der Waals surface area contributed by atoms with Crippen molar-refractivity contribution in [3.63, 3.8) is 0 Å². The first-order chi connectivity index (χ1) is 9.29. The first-order valence-electron chi connectivity index (χ1n) is 6.43. The predicted octanol–water partition coefficient (Wildman–Crippen LogP) is 4.77. The number of thioether (sulfide) groups is 1. The highest BCUT2D eigenvalue weighted by molar-refractivity contribution is 7.99. The van der Waals surface area contributed by atoms with Gasteiger partial charge in [-0.3, -0.25) is 0 Å². The minimum absolute atomic E-state index is 0.319. The van der Waals surface area contributed by atoms with Crippen LogP contribution in [0.4, 0.5) is 0 Å². The molecule has 2 aromatic rings. The number of nitrogens with one attached hydrogen (secondary N) is 1. The normalized spacial score (nSPS) is 12.5. The van der Waals surface area contributed by atoms with Gasteiger partial charge in [0, 0.05) is 27.3 Å². The van der Waals surface area contributed by atoms with Gasteiger partial charge in [-0.15, -0.1) is 11.8 Å². The Bertz CT molecular complexity index is 469. The molecule has 0 radical (unpaired) electrons. The van der Waals surface area contributed by atoms with Crippen molar-refractivity contribution in [3.05, 3.63) is 53.4 Å². The van der Waals surface area contributed by atoms with Crippen LogP contribution in [0.15, 0.2) is 52.2 Å². The molecule has 0 amide bonds. The van der Waals surface area contributed by atoms with Gasteiger partial charge in [0.2, 0.25) is 0 Å². The van der Waals surface area contributed by atoms with Crippen LogP contribution in [-0.4, -0.2) is 12.3 Å². The van der Waals surface area contributed by atoms with E-state index in [4.69, 9.17) is 16.0 Å².